The smallest absolute Gasteiger partial charge is 0.420 e. The minimum atomic E-state index is -4.77. The minimum Gasteiger partial charge on any atom is -0.508 e. The van der Waals surface area contributed by atoms with E-state index in [0.29, 0.717) is 6.07 Å². The number of ether oxygens (including phenoxy) is 1. The molecule has 1 aromatic rings. The average molecular weight is 242 g/mol. The second-order valence-corrected chi connectivity index (χ2v) is 2.88. The molecule has 1 rings (SSSR count). The van der Waals surface area contributed by atoms with Crippen LogP contribution in [-0.2, 0) is 6.18 Å². The van der Waals surface area contributed by atoms with E-state index in [-0.39, 0.29) is 0 Å². The average Bonchev–Trinajstić information content (AvgIpc) is 2.14. The molecule has 0 aliphatic rings. The Balaban J connectivity index is 2.99. The maximum Gasteiger partial charge on any atom is 0.420 e. The quantitative estimate of drug-likeness (QED) is 0.825. The van der Waals surface area contributed by atoms with E-state index in [0.717, 1.165) is 12.1 Å². The number of hydrogen-bond acceptors (Lipinski definition) is 2. The van der Waals surface area contributed by atoms with E-state index in [4.69, 9.17) is 5.11 Å². The van der Waals surface area contributed by atoms with Gasteiger partial charge in [-0.05, 0) is 18.2 Å². The first-order chi connectivity index (χ1) is 7.30. The van der Waals surface area contributed by atoms with E-state index in [9.17, 15) is 22.0 Å². The van der Waals surface area contributed by atoms with Gasteiger partial charge in [-0.15, -0.1) is 0 Å². The van der Waals surface area contributed by atoms with Gasteiger partial charge in [-0.1, -0.05) is 0 Å². The third-order valence-corrected chi connectivity index (χ3v) is 1.63. The molecule has 0 heterocycles. The van der Waals surface area contributed by atoms with Crippen molar-refractivity contribution in [3.63, 3.8) is 0 Å². The Morgan fingerprint density at radius 2 is 1.88 bits per heavy atom. The molecule has 0 amide bonds. The van der Waals surface area contributed by atoms with Gasteiger partial charge in [0.15, 0.2) is 0 Å². The van der Waals surface area contributed by atoms with Crippen LogP contribution >= 0.6 is 0 Å². The molecule has 0 bridgehead atoms. The van der Waals surface area contributed by atoms with Crippen LogP contribution in [0.15, 0.2) is 18.2 Å². The highest BCUT2D eigenvalue weighted by Crippen LogP contribution is 2.38. The van der Waals surface area contributed by atoms with Crippen molar-refractivity contribution in [2.24, 2.45) is 0 Å². The van der Waals surface area contributed by atoms with Crippen LogP contribution in [0.1, 0.15) is 5.56 Å². The number of phenols is 1. The molecular formula is C9H7F5O2. The SMILES string of the molecule is Oc1ccc(OCC(F)F)c(C(F)(F)F)c1. The molecule has 1 aromatic carbocycles. The van der Waals surface area contributed by atoms with Crippen molar-refractivity contribution in [3.05, 3.63) is 23.8 Å². The second kappa shape index (κ2) is 4.54. The molecule has 0 fully saturated rings. The summed E-state index contributed by atoms with van der Waals surface area (Å²) >= 11 is 0. The maximum atomic E-state index is 12.4. The summed E-state index contributed by atoms with van der Waals surface area (Å²) in [5, 5.41) is 8.87. The maximum absolute atomic E-state index is 12.4. The molecule has 0 aromatic heterocycles. The summed E-state index contributed by atoms with van der Waals surface area (Å²) in [6, 6.07) is 2.14. The van der Waals surface area contributed by atoms with Crippen LogP contribution in [0.2, 0.25) is 0 Å². The second-order valence-electron chi connectivity index (χ2n) is 2.88. The fourth-order valence-electron chi connectivity index (χ4n) is 1.02. The van der Waals surface area contributed by atoms with Crippen molar-refractivity contribution in [1.82, 2.24) is 0 Å². The van der Waals surface area contributed by atoms with E-state index in [1.807, 2.05) is 0 Å². The van der Waals surface area contributed by atoms with Gasteiger partial charge in [-0.2, -0.15) is 13.2 Å². The van der Waals surface area contributed by atoms with Crippen LogP contribution in [0.3, 0.4) is 0 Å². The molecule has 0 aliphatic heterocycles. The molecule has 0 spiro atoms. The van der Waals surface area contributed by atoms with E-state index in [1.165, 1.54) is 0 Å². The summed E-state index contributed by atoms with van der Waals surface area (Å²) in [4.78, 5) is 0. The van der Waals surface area contributed by atoms with E-state index in [1.54, 1.807) is 0 Å². The van der Waals surface area contributed by atoms with Crippen molar-refractivity contribution >= 4 is 0 Å². The van der Waals surface area contributed by atoms with Gasteiger partial charge in [0.05, 0.1) is 0 Å². The zero-order valence-corrected chi connectivity index (χ0v) is 7.76. The Morgan fingerprint density at radius 1 is 1.25 bits per heavy atom. The van der Waals surface area contributed by atoms with Crippen LogP contribution in [0, 0.1) is 0 Å². The number of aromatic hydroxyl groups is 1. The topological polar surface area (TPSA) is 29.5 Å². The minimum absolute atomic E-state index is 0.417. The third-order valence-electron chi connectivity index (χ3n) is 1.63. The van der Waals surface area contributed by atoms with Crippen molar-refractivity contribution in [2.75, 3.05) is 6.61 Å². The van der Waals surface area contributed by atoms with E-state index in [2.05, 4.69) is 4.74 Å². The van der Waals surface area contributed by atoms with Gasteiger partial charge in [-0.25, -0.2) is 8.78 Å². The van der Waals surface area contributed by atoms with Crippen molar-refractivity contribution in [1.29, 1.82) is 0 Å². The van der Waals surface area contributed by atoms with E-state index < -0.39 is 36.3 Å². The van der Waals surface area contributed by atoms with Crippen molar-refractivity contribution < 1.29 is 31.8 Å². The summed E-state index contributed by atoms with van der Waals surface area (Å²) < 4.78 is 65.0. The van der Waals surface area contributed by atoms with Gasteiger partial charge in [0, 0.05) is 0 Å². The number of benzene rings is 1. The molecule has 0 atom stereocenters. The predicted molar refractivity (Wildman–Crippen MR) is 44.6 cm³/mol. The largest absolute Gasteiger partial charge is 0.508 e. The monoisotopic (exact) mass is 242 g/mol. The highest BCUT2D eigenvalue weighted by molar-refractivity contribution is 5.41. The first-order valence-electron chi connectivity index (χ1n) is 4.12. The normalized spacial score (nSPS) is 11.9. The van der Waals surface area contributed by atoms with Gasteiger partial charge in [0.2, 0.25) is 0 Å². The van der Waals surface area contributed by atoms with E-state index >= 15 is 0 Å². The van der Waals surface area contributed by atoms with Crippen molar-refractivity contribution in [2.45, 2.75) is 12.6 Å². The fraction of sp³-hybridized carbons (Fsp3) is 0.333. The Hall–Kier alpha value is -1.53. The number of rotatable bonds is 3. The van der Waals surface area contributed by atoms with Crippen LogP contribution in [0.5, 0.6) is 11.5 Å². The molecule has 0 aliphatic carbocycles. The Labute approximate surface area is 87.3 Å². The first kappa shape index (κ1) is 12.5. The molecule has 2 nitrogen and oxygen atoms in total. The summed E-state index contributed by atoms with van der Waals surface area (Å²) in [6.07, 6.45) is -7.63. The lowest BCUT2D eigenvalue weighted by molar-refractivity contribution is -0.139. The van der Waals surface area contributed by atoms with Gasteiger partial charge in [0.25, 0.3) is 6.43 Å². The molecule has 0 unspecified atom stereocenters. The van der Waals surface area contributed by atoms with Gasteiger partial charge < -0.3 is 9.84 Å². The van der Waals surface area contributed by atoms with Crippen LogP contribution < -0.4 is 4.74 Å². The molecule has 7 heteroatoms. The highest BCUT2D eigenvalue weighted by Gasteiger charge is 2.35. The van der Waals surface area contributed by atoms with Crippen LogP contribution in [0.4, 0.5) is 22.0 Å². The van der Waals surface area contributed by atoms with Gasteiger partial charge >= 0.3 is 6.18 Å². The standard InChI is InChI=1S/C9H7F5O2/c10-8(11)4-16-7-2-1-5(15)3-6(7)9(12,13)14/h1-3,8,15H,4H2. The lowest BCUT2D eigenvalue weighted by Crippen LogP contribution is -2.12. The summed E-state index contributed by atoms with van der Waals surface area (Å²) in [5.74, 6) is -1.35. The summed E-state index contributed by atoms with van der Waals surface area (Å²) in [7, 11) is 0. The van der Waals surface area contributed by atoms with Crippen LogP contribution in [0.25, 0.3) is 0 Å². The molecular weight excluding hydrogens is 235 g/mol. The van der Waals surface area contributed by atoms with Gasteiger partial charge in [0.1, 0.15) is 23.7 Å². The number of phenolic OH excluding ortho intramolecular Hbond substituents is 1. The molecule has 1 N–H and O–H groups in total. The Morgan fingerprint density at radius 3 is 2.38 bits per heavy atom. The predicted octanol–water partition coefficient (Wildman–Crippen LogP) is 3.05. The van der Waals surface area contributed by atoms with Crippen LogP contribution in [-0.4, -0.2) is 18.1 Å². The third kappa shape index (κ3) is 3.25. The zero-order valence-electron chi connectivity index (χ0n) is 7.76. The Bertz CT molecular complexity index is 361. The fourth-order valence-corrected chi connectivity index (χ4v) is 1.02. The van der Waals surface area contributed by atoms with Crippen molar-refractivity contribution in [3.8, 4) is 11.5 Å². The molecule has 0 saturated heterocycles. The van der Waals surface area contributed by atoms with Gasteiger partial charge in [-0.3, -0.25) is 0 Å². The number of alkyl halides is 5. The number of hydrogen-bond donors (Lipinski definition) is 1. The Kier molecular flexibility index (Phi) is 3.56. The summed E-state index contributed by atoms with van der Waals surface area (Å²) in [6.45, 7) is -1.13. The number of halogens is 5. The zero-order chi connectivity index (χ0) is 12.3. The highest BCUT2D eigenvalue weighted by atomic mass is 19.4. The lowest BCUT2D eigenvalue weighted by Gasteiger charge is -2.13. The molecule has 16 heavy (non-hydrogen) atoms. The summed E-state index contributed by atoms with van der Waals surface area (Å²) in [5.41, 5.74) is -1.28. The molecule has 0 radical (unpaired) electrons. The molecule has 90 valence electrons. The molecule has 0 saturated carbocycles. The first-order valence-corrected chi connectivity index (χ1v) is 4.12. The lowest BCUT2D eigenvalue weighted by atomic mass is 10.2.